The van der Waals surface area contributed by atoms with Gasteiger partial charge >= 0.3 is 0 Å². The van der Waals surface area contributed by atoms with Gasteiger partial charge in [0.2, 0.25) is 0 Å². The molecule has 1 atom stereocenters. The lowest BCUT2D eigenvalue weighted by Gasteiger charge is -2.21. The molecular formula is C20H29Cl2NO4. The molecule has 0 spiro atoms. The van der Waals surface area contributed by atoms with E-state index < -0.39 is 0 Å². The van der Waals surface area contributed by atoms with Gasteiger partial charge < -0.3 is 19.4 Å². The SMILES string of the molecule is CCc1cc(OCC=C(Cl)Cl)cc(CC)c1OC(C)CCCOCC=NO. The van der Waals surface area contributed by atoms with Crippen molar-refractivity contribution in [2.75, 3.05) is 19.8 Å². The standard InChI is InChI=1S/C20H29Cl2NO4/c1-4-16-13-18(26-11-8-19(21)22)14-17(5-2)20(16)27-15(3)7-6-10-25-12-9-23-24/h8-9,13-15,24H,4-7,10-12H2,1-3H3. The van der Waals surface area contributed by atoms with E-state index in [2.05, 4.69) is 25.9 Å². The van der Waals surface area contributed by atoms with Gasteiger partial charge in [0.25, 0.3) is 0 Å². The molecular weight excluding hydrogens is 389 g/mol. The summed E-state index contributed by atoms with van der Waals surface area (Å²) in [6.07, 6.45) is 6.45. The van der Waals surface area contributed by atoms with Crippen LogP contribution in [0.15, 0.2) is 27.9 Å². The number of nitrogens with zero attached hydrogens (tertiary/aromatic N) is 1. The van der Waals surface area contributed by atoms with Crippen molar-refractivity contribution in [3.63, 3.8) is 0 Å². The fourth-order valence-corrected chi connectivity index (χ4v) is 2.71. The lowest BCUT2D eigenvalue weighted by atomic mass is 10.0. The van der Waals surface area contributed by atoms with Crippen LogP contribution in [-0.2, 0) is 17.6 Å². The largest absolute Gasteiger partial charge is 0.490 e. The lowest BCUT2D eigenvalue weighted by Crippen LogP contribution is -2.15. The van der Waals surface area contributed by atoms with Crippen LogP contribution < -0.4 is 9.47 Å². The van der Waals surface area contributed by atoms with E-state index in [-0.39, 0.29) is 10.6 Å². The molecule has 0 aliphatic carbocycles. The van der Waals surface area contributed by atoms with Gasteiger partial charge in [0, 0.05) is 6.61 Å². The highest BCUT2D eigenvalue weighted by molar-refractivity contribution is 6.55. The summed E-state index contributed by atoms with van der Waals surface area (Å²) in [5.41, 5.74) is 2.24. The molecule has 1 aromatic rings. The average molecular weight is 418 g/mol. The van der Waals surface area contributed by atoms with E-state index >= 15 is 0 Å². The van der Waals surface area contributed by atoms with Gasteiger partial charge in [-0.05, 0) is 61.9 Å². The topological polar surface area (TPSA) is 60.3 Å². The summed E-state index contributed by atoms with van der Waals surface area (Å²) >= 11 is 11.2. The van der Waals surface area contributed by atoms with Crippen molar-refractivity contribution in [1.82, 2.24) is 0 Å². The number of benzene rings is 1. The Kier molecular flexibility index (Phi) is 12.0. The highest BCUT2D eigenvalue weighted by Crippen LogP contribution is 2.32. The number of hydrogen-bond donors (Lipinski definition) is 1. The Bertz CT molecular complexity index is 591. The molecule has 0 radical (unpaired) electrons. The van der Waals surface area contributed by atoms with Crippen LogP contribution in [0.25, 0.3) is 0 Å². The molecule has 0 bridgehead atoms. The molecule has 1 aromatic carbocycles. The van der Waals surface area contributed by atoms with Gasteiger partial charge in [-0.1, -0.05) is 42.2 Å². The van der Waals surface area contributed by atoms with Crippen LogP contribution in [0, 0.1) is 0 Å². The average Bonchev–Trinajstić information content (AvgIpc) is 2.64. The van der Waals surface area contributed by atoms with Crippen molar-refractivity contribution in [3.8, 4) is 11.5 Å². The summed E-state index contributed by atoms with van der Waals surface area (Å²) in [5.74, 6) is 1.73. The number of aryl methyl sites for hydroxylation is 2. The zero-order valence-electron chi connectivity index (χ0n) is 16.2. The van der Waals surface area contributed by atoms with E-state index in [0.29, 0.717) is 19.8 Å². The Labute approximate surface area is 171 Å². The van der Waals surface area contributed by atoms with Gasteiger partial charge in [-0.15, -0.1) is 0 Å². The van der Waals surface area contributed by atoms with Crippen molar-refractivity contribution >= 4 is 29.4 Å². The van der Waals surface area contributed by atoms with E-state index in [9.17, 15) is 0 Å². The predicted molar refractivity (Wildman–Crippen MR) is 111 cm³/mol. The normalized spacial score (nSPS) is 12.2. The maximum Gasteiger partial charge on any atom is 0.126 e. The van der Waals surface area contributed by atoms with Crippen LogP contribution in [0.5, 0.6) is 11.5 Å². The Morgan fingerprint density at radius 3 is 2.41 bits per heavy atom. The van der Waals surface area contributed by atoms with Crippen LogP contribution in [0.2, 0.25) is 0 Å². The Morgan fingerprint density at radius 1 is 1.19 bits per heavy atom. The summed E-state index contributed by atoms with van der Waals surface area (Å²) in [7, 11) is 0. The van der Waals surface area contributed by atoms with Gasteiger partial charge in [-0.2, -0.15) is 0 Å². The van der Waals surface area contributed by atoms with Gasteiger partial charge in [-0.3, -0.25) is 0 Å². The van der Waals surface area contributed by atoms with Crippen molar-refractivity contribution in [3.05, 3.63) is 33.8 Å². The highest BCUT2D eigenvalue weighted by Gasteiger charge is 2.14. The monoisotopic (exact) mass is 417 g/mol. The first kappa shape index (κ1) is 23.6. The summed E-state index contributed by atoms with van der Waals surface area (Å²) in [6, 6.07) is 4.02. The first-order valence-electron chi connectivity index (χ1n) is 9.21. The molecule has 0 heterocycles. The van der Waals surface area contributed by atoms with Crippen molar-refractivity contribution in [2.24, 2.45) is 5.16 Å². The van der Waals surface area contributed by atoms with E-state index in [4.69, 9.17) is 42.6 Å². The molecule has 1 N–H and O–H groups in total. The molecule has 1 unspecified atom stereocenters. The number of ether oxygens (including phenoxy) is 3. The molecule has 5 nitrogen and oxygen atoms in total. The number of oxime groups is 1. The number of halogens is 2. The molecule has 0 amide bonds. The fourth-order valence-electron chi connectivity index (χ4n) is 2.59. The molecule has 1 rings (SSSR count). The number of hydrogen-bond acceptors (Lipinski definition) is 5. The minimum absolute atomic E-state index is 0.0699. The number of rotatable bonds is 13. The van der Waals surface area contributed by atoms with Gasteiger partial charge in [0.15, 0.2) is 0 Å². The maximum atomic E-state index is 8.31. The molecule has 0 saturated heterocycles. The lowest BCUT2D eigenvalue weighted by molar-refractivity contribution is 0.143. The minimum Gasteiger partial charge on any atom is -0.490 e. The van der Waals surface area contributed by atoms with Gasteiger partial charge in [0.1, 0.15) is 22.6 Å². The second-order valence-electron chi connectivity index (χ2n) is 6.03. The van der Waals surface area contributed by atoms with E-state index in [1.165, 1.54) is 6.21 Å². The molecule has 0 saturated carbocycles. The fraction of sp³-hybridized carbons (Fsp3) is 0.550. The van der Waals surface area contributed by atoms with E-state index in [0.717, 1.165) is 48.3 Å². The Morgan fingerprint density at radius 2 is 1.85 bits per heavy atom. The van der Waals surface area contributed by atoms with E-state index in [1.807, 2.05) is 12.1 Å². The Balaban J connectivity index is 2.70. The van der Waals surface area contributed by atoms with Crippen LogP contribution in [0.4, 0.5) is 0 Å². The summed E-state index contributed by atoms with van der Waals surface area (Å²) < 4.78 is 17.5. The minimum atomic E-state index is 0.0699. The first-order valence-corrected chi connectivity index (χ1v) is 9.97. The van der Waals surface area contributed by atoms with Crippen LogP contribution in [0.3, 0.4) is 0 Å². The second kappa shape index (κ2) is 13.7. The second-order valence-corrected chi connectivity index (χ2v) is 7.03. The molecule has 0 aliphatic rings. The summed E-state index contributed by atoms with van der Waals surface area (Å²) in [6.45, 7) is 7.50. The molecule has 0 fully saturated rings. The summed E-state index contributed by atoms with van der Waals surface area (Å²) in [5, 5.41) is 11.2. The third-order valence-electron chi connectivity index (χ3n) is 3.96. The predicted octanol–water partition coefficient (Wildman–Crippen LogP) is 5.53. The first-order chi connectivity index (χ1) is 13.0. The molecule has 0 aromatic heterocycles. The maximum absolute atomic E-state index is 8.31. The van der Waals surface area contributed by atoms with Crippen LogP contribution in [-0.4, -0.2) is 37.3 Å². The third-order valence-corrected chi connectivity index (χ3v) is 4.27. The molecule has 27 heavy (non-hydrogen) atoms. The molecule has 0 aliphatic heterocycles. The van der Waals surface area contributed by atoms with Crippen LogP contribution >= 0.6 is 23.2 Å². The summed E-state index contributed by atoms with van der Waals surface area (Å²) in [4.78, 5) is 0. The van der Waals surface area contributed by atoms with E-state index in [1.54, 1.807) is 6.08 Å². The Hall–Kier alpha value is -1.43. The smallest absolute Gasteiger partial charge is 0.126 e. The van der Waals surface area contributed by atoms with Crippen molar-refractivity contribution < 1.29 is 19.4 Å². The van der Waals surface area contributed by atoms with Gasteiger partial charge in [-0.25, -0.2) is 0 Å². The molecule has 7 heteroatoms. The highest BCUT2D eigenvalue weighted by atomic mass is 35.5. The van der Waals surface area contributed by atoms with Crippen LogP contribution in [0.1, 0.15) is 44.7 Å². The quantitative estimate of drug-likeness (QED) is 0.198. The third kappa shape index (κ3) is 9.36. The van der Waals surface area contributed by atoms with Crippen molar-refractivity contribution in [2.45, 2.75) is 52.6 Å². The zero-order chi connectivity index (χ0) is 20.1. The van der Waals surface area contributed by atoms with Gasteiger partial charge in [0.05, 0.1) is 18.9 Å². The zero-order valence-corrected chi connectivity index (χ0v) is 17.7. The van der Waals surface area contributed by atoms with Crippen molar-refractivity contribution in [1.29, 1.82) is 0 Å². The molecule has 152 valence electrons.